The molecule has 0 amide bonds. The third-order valence-corrected chi connectivity index (χ3v) is 3.89. The van der Waals surface area contributed by atoms with Gasteiger partial charge < -0.3 is 10.7 Å². The maximum absolute atomic E-state index is 6.32. The Hall–Kier alpha value is -1.28. The number of benzene rings is 1. The highest BCUT2D eigenvalue weighted by Crippen LogP contribution is 2.41. The smallest absolute Gasteiger partial charge is 0.0457 e. The minimum absolute atomic E-state index is 0.214. The van der Waals surface area contributed by atoms with Gasteiger partial charge in [0.05, 0.1) is 0 Å². The van der Waals surface area contributed by atoms with Crippen molar-refractivity contribution >= 4 is 10.9 Å². The molecule has 2 nitrogen and oxygen atoms in total. The van der Waals surface area contributed by atoms with Crippen molar-refractivity contribution < 1.29 is 0 Å². The van der Waals surface area contributed by atoms with Crippen molar-refractivity contribution in [3.05, 3.63) is 35.5 Å². The van der Waals surface area contributed by atoms with Gasteiger partial charge in [0.25, 0.3) is 0 Å². The van der Waals surface area contributed by atoms with Crippen molar-refractivity contribution in [3.8, 4) is 0 Å². The Balaban J connectivity index is 2.08. The molecule has 1 fully saturated rings. The summed E-state index contributed by atoms with van der Waals surface area (Å²) in [4.78, 5) is 3.34. The van der Waals surface area contributed by atoms with Gasteiger partial charge in [-0.2, -0.15) is 0 Å². The number of hydrogen-bond donors (Lipinski definition) is 2. The summed E-state index contributed by atoms with van der Waals surface area (Å²) in [6.45, 7) is 4.46. The van der Waals surface area contributed by atoms with Crippen LogP contribution in [0.2, 0.25) is 0 Å². The van der Waals surface area contributed by atoms with E-state index in [-0.39, 0.29) is 6.04 Å². The minimum Gasteiger partial charge on any atom is -0.361 e. The molecule has 90 valence electrons. The number of rotatable bonds is 3. The van der Waals surface area contributed by atoms with Crippen LogP contribution >= 0.6 is 0 Å². The topological polar surface area (TPSA) is 41.8 Å². The van der Waals surface area contributed by atoms with Crippen LogP contribution in [0.3, 0.4) is 0 Å². The number of hydrogen-bond acceptors (Lipinski definition) is 1. The summed E-state index contributed by atoms with van der Waals surface area (Å²) in [5.74, 6) is 1.27. The minimum atomic E-state index is 0.214. The Morgan fingerprint density at radius 1 is 1.29 bits per heavy atom. The van der Waals surface area contributed by atoms with Gasteiger partial charge in [-0.15, -0.1) is 0 Å². The molecular weight excluding hydrogens is 208 g/mol. The van der Waals surface area contributed by atoms with Crippen LogP contribution in [0.1, 0.15) is 49.8 Å². The zero-order valence-corrected chi connectivity index (χ0v) is 10.5. The van der Waals surface area contributed by atoms with E-state index < -0.39 is 0 Å². The second-order valence-electron chi connectivity index (χ2n) is 5.57. The fourth-order valence-corrected chi connectivity index (χ4v) is 2.50. The number of nitrogens with one attached hydrogen (secondary N) is 1. The third-order valence-electron chi connectivity index (χ3n) is 3.89. The first-order valence-corrected chi connectivity index (χ1v) is 6.53. The van der Waals surface area contributed by atoms with Gasteiger partial charge in [0.2, 0.25) is 0 Å². The highest BCUT2D eigenvalue weighted by atomic mass is 14.7. The van der Waals surface area contributed by atoms with Crippen LogP contribution in [0.5, 0.6) is 0 Å². The lowest BCUT2D eigenvalue weighted by Crippen LogP contribution is -2.11. The molecule has 0 spiro atoms. The molecule has 0 bridgehead atoms. The number of aromatic amines is 1. The normalized spacial score (nSPS) is 17.9. The number of aromatic nitrogens is 1. The largest absolute Gasteiger partial charge is 0.361 e. The van der Waals surface area contributed by atoms with Crippen molar-refractivity contribution in [2.45, 2.75) is 38.6 Å². The molecule has 0 aliphatic heterocycles. The van der Waals surface area contributed by atoms with E-state index >= 15 is 0 Å². The zero-order valence-electron chi connectivity index (χ0n) is 10.5. The van der Waals surface area contributed by atoms with Crippen molar-refractivity contribution in [1.82, 2.24) is 4.98 Å². The van der Waals surface area contributed by atoms with Gasteiger partial charge in [-0.3, -0.25) is 0 Å². The molecule has 1 heterocycles. The molecule has 2 aromatic rings. The van der Waals surface area contributed by atoms with E-state index in [1.54, 1.807) is 0 Å². The number of nitrogens with two attached hydrogens (primary N) is 1. The fourth-order valence-electron chi connectivity index (χ4n) is 2.50. The molecule has 1 aliphatic carbocycles. The van der Waals surface area contributed by atoms with E-state index in [1.807, 2.05) is 0 Å². The maximum atomic E-state index is 6.32. The van der Waals surface area contributed by atoms with Crippen molar-refractivity contribution in [2.24, 2.45) is 11.7 Å². The lowest BCUT2D eigenvalue weighted by molar-refractivity contribution is 0.638. The van der Waals surface area contributed by atoms with Crippen LogP contribution in [0, 0.1) is 5.92 Å². The maximum Gasteiger partial charge on any atom is 0.0457 e. The summed E-state index contributed by atoms with van der Waals surface area (Å²) in [5, 5.41) is 1.32. The Morgan fingerprint density at radius 3 is 2.71 bits per heavy atom. The van der Waals surface area contributed by atoms with Crippen LogP contribution < -0.4 is 5.73 Å². The van der Waals surface area contributed by atoms with Gasteiger partial charge in [-0.25, -0.2) is 0 Å². The summed E-state index contributed by atoms with van der Waals surface area (Å²) in [6.07, 6.45) is 4.67. The molecule has 1 atom stereocenters. The molecule has 1 aliphatic rings. The predicted molar refractivity (Wildman–Crippen MR) is 72.0 cm³/mol. The quantitative estimate of drug-likeness (QED) is 0.826. The Kier molecular flexibility index (Phi) is 2.48. The van der Waals surface area contributed by atoms with E-state index in [0.717, 1.165) is 0 Å². The Bertz CT molecular complexity index is 535. The van der Waals surface area contributed by atoms with E-state index in [2.05, 4.69) is 43.2 Å². The van der Waals surface area contributed by atoms with Crippen LogP contribution in [-0.4, -0.2) is 4.98 Å². The average Bonchev–Trinajstić information content (AvgIpc) is 3.07. The molecule has 1 aromatic heterocycles. The van der Waals surface area contributed by atoms with E-state index in [1.165, 1.54) is 34.9 Å². The monoisotopic (exact) mass is 228 g/mol. The van der Waals surface area contributed by atoms with Crippen LogP contribution in [0.25, 0.3) is 10.9 Å². The van der Waals surface area contributed by atoms with Crippen LogP contribution in [0.15, 0.2) is 24.4 Å². The van der Waals surface area contributed by atoms with Gasteiger partial charge >= 0.3 is 0 Å². The molecule has 1 unspecified atom stereocenters. The average molecular weight is 228 g/mol. The Morgan fingerprint density at radius 2 is 2.06 bits per heavy atom. The Labute approximate surface area is 102 Å². The van der Waals surface area contributed by atoms with Crippen molar-refractivity contribution in [3.63, 3.8) is 0 Å². The molecule has 17 heavy (non-hydrogen) atoms. The number of fused-ring (bicyclic) bond motifs is 1. The van der Waals surface area contributed by atoms with Gasteiger partial charge in [0.1, 0.15) is 0 Å². The first kappa shape index (κ1) is 10.8. The molecule has 1 saturated carbocycles. The van der Waals surface area contributed by atoms with Gasteiger partial charge in [-0.1, -0.05) is 19.9 Å². The van der Waals surface area contributed by atoms with Crippen molar-refractivity contribution in [2.75, 3.05) is 0 Å². The van der Waals surface area contributed by atoms with Gasteiger partial charge in [-0.05, 0) is 47.9 Å². The first-order valence-electron chi connectivity index (χ1n) is 6.53. The molecule has 3 N–H and O–H groups in total. The SMILES string of the molecule is CC(C)c1ccc2[nH]cc(C(N)C3CC3)c2c1. The third kappa shape index (κ3) is 1.87. The molecule has 2 heteroatoms. The molecular formula is C15H20N2. The summed E-state index contributed by atoms with van der Waals surface area (Å²) in [6, 6.07) is 6.89. The van der Waals surface area contributed by atoms with Gasteiger partial charge in [0.15, 0.2) is 0 Å². The zero-order chi connectivity index (χ0) is 12.0. The molecule has 0 saturated heterocycles. The first-order chi connectivity index (χ1) is 8.16. The standard InChI is InChI=1S/C15H20N2/c1-9(2)11-5-6-14-12(7-11)13(8-17-14)15(16)10-3-4-10/h5-10,15,17H,3-4,16H2,1-2H3. The summed E-state index contributed by atoms with van der Waals surface area (Å²) in [5.41, 5.74) is 10.2. The van der Waals surface area contributed by atoms with Crippen LogP contribution in [0.4, 0.5) is 0 Å². The lowest BCUT2D eigenvalue weighted by atomic mass is 9.97. The number of H-pyrrole nitrogens is 1. The molecule has 1 aromatic carbocycles. The highest BCUT2D eigenvalue weighted by Gasteiger charge is 2.30. The van der Waals surface area contributed by atoms with E-state index in [9.17, 15) is 0 Å². The lowest BCUT2D eigenvalue weighted by Gasteiger charge is -2.10. The second kappa shape index (κ2) is 3.88. The summed E-state index contributed by atoms with van der Waals surface area (Å²) >= 11 is 0. The van der Waals surface area contributed by atoms with E-state index in [0.29, 0.717) is 11.8 Å². The molecule has 0 radical (unpaired) electrons. The van der Waals surface area contributed by atoms with Crippen molar-refractivity contribution in [1.29, 1.82) is 0 Å². The fraction of sp³-hybridized carbons (Fsp3) is 0.467. The van der Waals surface area contributed by atoms with Gasteiger partial charge in [0, 0.05) is 23.1 Å². The second-order valence-corrected chi connectivity index (χ2v) is 5.57. The molecule has 3 rings (SSSR count). The van der Waals surface area contributed by atoms with E-state index in [4.69, 9.17) is 5.73 Å². The predicted octanol–water partition coefficient (Wildman–Crippen LogP) is 3.70. The summed E-state index contributed by atoms with van der Waals surface area (Å²) in [7, 11) is 0. The summed E-state index contributed by atoms with van der Waals surface area (Å²) < 4.78 is 0. The van der Waals surface area contributed by atoms with Crippen LogP contribution in [-0.2, 0) is 0 Å². The highest BCUT2D eigenvalue weighted by molar-refractivity contribution is 5.84.